The Morgan fingerprint density at radius 3 is 1.55 bits per heavy atom. The van der Waals surface area contributed by atoms with Gasteiger partial charge >= 0.3 is 0 Å². The Bertz CT molecular complexity index is 501. The lowest BCUT2D eigenvalue weighted by Gasteiger charge is -2.21. The first kappa shape index (κ1) is 31.8. The second-order valence-electron chi connectivity index (χ2n) is 5.09. The molecule has 0 radical (unpaired) electrons. The number of likely N-dealkylation sites (N-methyl/N-ethyl adjacent to an activating group) is 1. The first-order valence-electron chi connectivity index (χ1n) is 8.86. The van der Waals surface area contributed by atoms with Crippen LogP contribution in [0.15, 0.2) is 0 Å². The molecule has 0 saturated carbocycles. The molecule has 0 saturated heterocycles. The minimum Gasteiger partial charge on any atom is -0.394 e. The van der Waals surface area contributed by atoms with Crippen LogP contribution in [0.1, 0.15) is 27.7 Å². The fourth-order valence-electron chi connectivity index (χ4n) is 1.47. The van der Waals surface area contributed by atoms with Crippen LogP contribution in [0.3, 0.4) is 0 Å². The number of hydrogen-bond acceptors (Lipinski definition) is 10. The van der Waals surface area contributed by atoms with Gasteiger partial charge in [0.25, 0.3) is 0 Å². The molecule has 3 atom stereocenters. The van der Waals surface area contributed by atoms with E-state index in [4.69, 9.17) is 15.3 Å². The number of carbonyl (C=O) groups is 5. The molecule has 0 aliphatic rings. The molecule has 2 amide bonds. The van der Waals surface area contributed by atoms with Crippen LogP contribution in [0.25, 0.3) is 0 Å². The molecule has 0 aliphatic carbocycles. The molecule has 170 valence electrons. The van der Waals surface area contributed by atoms with Crippen molar-refractivity contribution in [3.63, 3.8) is 0 Å². The summed E-state index contributed by atoms with van der Waals surface area (Å²) < 4.78 is 0. The van der Waals surface area contributed by atoms with Gasteiger partial charge in [0.05, 0.1) is 25.6 Å². The van der Waals surface area contributed by atoms with Crippen molar-refractivity contribution in [3.8, 4) is 0 Å². The number of carbonyl (C=O) groups excluding carboxylic acids is 5. The number of aliphatic hydroxyl groups is 3. The molecule has 0 aromatic rings. The predicted octanol–water partition coefficient (Wildman–Crippen LogP) is -2.40. The van der Waals surface area contributed by atoms with Crippen LogP contribution >= 0.6 is 11.8 Å². The van der Waals surface area contributed by atoms with Gasteiger partial charge in [0.2, 0.25) is 11.8 Å². The van der Waals surface area contributed by atoms with E-state index < -0.39 is 55.5 Å². The van der Waals surface area contributed by atoms with Crippen LogP contribution in [0.2, 0.25) is 0 Å². The van der Waals surface area contributed by atoms with Crippen LogP contribution in [-0.4, -0.2) is 95.1 Å². The fraction of sp³-hybridized carbons (Fsp3) is 0.706. The number of Topliss-reactive ketones (excluding diaryl/α,β-unsaturated/α-hetero) is 1. The van der Waals surface area contributed by atoms with Crippen molar-refractivity contribution in [1.29, 1.82) is 0 Å². The third kappa shape index (κ3) is 16.8. The van der Waals surface area contributed by atoms with Crippen molar-refractivity contribution in [2.75, 3.05) is 32.6 Å². The summed E-state index contributed by atoms with van der Waals surface area (Å²) >= 11 is 1.02. The molecule has 2 unspecified atom stereocenters. The standard InChI is InChI=1S/C11H21N3O6.C4H6O2S.C2H6/c1-6(18)7(3-15)13-11(20)9(5-17)14-10(19)8(4-16)12-2;1-4(6)7-3-2-5;1-2/h7-9,12,15-17H,3-5H2,1-2H3,(H,13,20)(H,14,19);2H,3H2,1H3;1-2H3/t7?,8?,9-;;/m1../s1. The summed E-state index contributed by atoms with van der Waals surface area (Å²) in [5, 5.41) is 33.9. The second-order valence-corrected chi connectivity index (χ2v) is 6.29. The van der Waals surface area contributed by atoms with Crippen molar-refractivity contribution < 1.29 is 39.3 Å². The molecule has 0 heterocycles. The van der Waals surface area contributed by atoms with E-state index in [2.05, 4.69) is 16.0 Å². The van der Waals surface area contributed by atoms with E-state index in [-0.39, 0.29) is 10.9 Å². The van der Waals surface area contributed by atoms with Gasteiger partial charge in [-0.1, -0.05) is 25.6 Å². The first-order valence-corrected chi connectivity index (χ1v) is 9.84. The molecule has 6 N–H and O–H groups in total. The zero-order valence-electron chi connectivity index (χ0n) is 17.4. The maximum Gasteiger partial charge on any atom is 0.245 e. The lowest BCUT2D eigenvalue weighted by atomic mass is 10.2. The Morgan fingerprint density at radius 2 is 1.28 bits per heavy atom. The van der Waals surface area contributed by atoms with E-state index in [0.717, 1.165) is 11.8 Å². The largest absolute Gasteiger partial charge is 0.394 e. The lowest BCUT2D eigenvalue weighted by Crippen LogP contribution is -2.57. The highest BCUT2D eigenvalue weighted by molar-refractivity contribution is 8.14. The molecule has 0 aliphatic heterocycles. The molecule has 29 heavy (non-hydrogen) atoms. The third-order valence-corrected chi connectivity index (χ3v) is 3.72. The summed E-state index contributed by atoms with van der Waals surface area (Å²) in [6.45, 7) is 4.89. The Hall–Kier alpha value is -1.86. The molecule has 12 heteroatoms. The van der Waals surface area contributed by atoms with Crippen LogP contribution in [0, 0.1) is 0 Å². The van der Waals surface area contributed by atoms with E-state index in [1.807, 2.05) is 13.8 Å². The summed E-state index contributed by atoms with van der Waals surface area (Å²) in [6, 6.07) is -3.29. The van der Waals surface area contributed by atoms with E-state index in [0.29, 0.717) is 6.29 Å². The average Bonchev–Trinajstić information content (AvgIpc) is 2.70. The molecular formula is C17H33N3O8S. The number of amides is 2. The summed E-state index contributed by atoms with van der Waals surface area (Å²) in [5.74, 6) is -1.64. The minimum absolute atomic E-state index is 0.00731. The number of thioether (sulfide) groups is 1. The second kappa shape index (κ2) is 20.9. The molecule has 0 aromatic carbocycles. The monoisotopic (exact) mass is 439 g/mol. The molecule has 0 rings (SSSR count). The molecule has 11 nitrogen and oxygen atoms in total. The topological polar surface area (TPSA) is 182 Å². The smallest absolute Gasteiger partial charge is 0.245 e. The Labute approximate surface area is 175 Å². The summed E-state index contributed by atoms with van der Waals surface area (Å²) in [6.07, 6.45) is 0.714. The van der Waals surface area contributed by atoms with Crippen LogP contribution < -0.4 is 16.0 Å². The lowest BCUT2D eigenvalue weighted by molar-refractivity contribution is -0.133. The highest BCUT2D eigenvalue weighted by Gasteiger charge is 2.26. The number of hydrogen-bond donors (Lipinski definition) is 6. The van der Waals surface area contributed by atoms with Crippen molar-refractivity contribution in [1.82, 2.24) is 16.0 Å². The number of aldehydes is 1. The number of rotatable bonds is 11. The third-order valence-electron chi connectivity index (χ3n) is 3.01. The Morgan fingerprint density at radius 1 is 0.862 bits per heavy atom. The van der Waals surface area contributed by atoms with Gasteiger partial charge in [0, 0.05) is 6.92 Å². The Kier molecular flexibility index (Phi) is 22.9. The van der Waals surface area contributed by atoms with Crippen molar-refractivity contribution >= 4 is 40.8 Å². The maximum atomic E-state index is 11.8. The molecular weight excluding hydrogens is 406 g/mol. The average molecular weight is 440 g/mol. The van der Waals surface area contributed by atoms with Gasteiger partial charge in [-0.05, 0) is 14.0 Å². The van der Waals surface area contributed by atoms with Gasteiger partial charge in [-0.25, -0.2) is 0 Å². The highest BCUT2D eigenvalue weighted by atomic mass is 32.2. The van der Waals surface area contributed by atoms with Crippen molar-refractivity contribution in [2.24, 2.45) is 0 Å². The summed E-state index contributed by atoms with van der Waals surface area (Å²) in [4.78, 5) is 54.0. The summed E-state index contributed by atoms with van der Waals surface area (Å²) in [7, 11) is 1.45. The van der Waals surface area contributed by atoms with Gasteiger partial charge in [0.1, 0.15) is 24.4 Å². The van der Waals surface area contributed by atoms with Gasteiger partial charge in [-0.15, -0.1) is 0 Å². The maximum absolute atomic E-state index is 11.8. The Balaban J connectivity index is -0.000000629. The van der Waals surface area contributed by atoms with E-state index >= 15 is 0 Å². The van der Waals surface area contributed by atoms with Crippen molar-refractivity contribution in [2.45, 2.75) is 45.8 Å². The SMILES string of the molecule is CC.CC(=O)SCC=O.CNC(CO)C(=O)N[C@H](CO)C(=O)NC(CO)C(C)=O. The van der Waals surface area contributed by atoms with Crippen molar-refractivity contribution in [3.05, 3.63) is 0 Å². The van der Waals surface area contributed by atoms with E-state index in [1.54, 1.807) is 0 Å². The number of aliphatic hydroxyl groups excluding tert-OH is 3. The fourth-order valence-corrected chi connectivity index (χ4v) is 1.77. The van der Waals surface area contributed by atoms with Gasteiger partial charge in [-0.3, -0.25) is 19.2 Å². The minimum atomic E-state index is -1.28. The van der Waals surface area contributed by atoms with Gasteiger partial charge < -0.3 is 36.1 Å². The number of nitrogens with one attached hydrogen (secondary N) is 3. The molecule has 0 bridgehead atoms. The zero-order valence-corrected chi connectivity index (χ0v) is 18.2. The number of ketones is 1. The van der Waals surface area contributed by atoms with Crippen LogP contribution in [0.5, 0.6) is 0 Å². The van der Waals surface area contributed by atoms with Crippen LogP contribution in [-0.2, 0) is 24.0 Å². The van der Waals surface area contributed by atoms with Gasteiger partial charge in [-0.2, -0.15) is 0 Å². The predicted molar refractivity (Wildman–Crippen MR) is 109 cm³/mol. The normalized spacial score (nSPS) is 12.6. The molecule has 0 aromatic heterocycles. The molecule has 0 fully saturated rings. The van der Waals surface area contributed by atoms with E-state index in [9.17, 15) is 24.0 Å². The van der Waals surface area contributed by atoms with Crippen LogP contribution in [0.4, 0.5) is 0 Å². The highest BCUT2D eigenvalue weighted by Crippen LogP contribution is 1.95. The van der Waals surface area contributed by atoms with Gasteiger partial charge in [0.15, 0.2) is 10.9 Å². The zero-order chi connectivity index (χ0) is 23.4. The summed E-state index contributed by atoms with van der Waals surface area (Å²) in [5.41, 5.74) is 0. The first-order chi connectivity index (χ1) is 13.7. The molecule has 0 spiro atoms. The van der Waals surface area contributed by atoms with E-state index in [1.165, 1.54) is 20.9 Å². The quantitative estimate of drug-likeness (QED) is 0.190.